The molecule has 0 aromatic heterocycles. The molecule has 2 aromatic carbocycles. The van der Waals surface area contributed by atoms with E-state index >= 15 is 0 Å². The van der Waals surface area contributed by atoms with E-state index in [1.54, 1.807) is 12.1 Å². The second-order valence-electron chi connectivity index (χ2n) is 4.72. The van der Waals surface area contributed by atoms with Crippen molar-refractivity contribution in [1.82, 2.24) is 0 Å². The molecular weight excluding hydrogens is 276 g/mol. The molecule has 20 heavy (non-hydrogen) atoms. The highest BCUT2D eigenvalue weighted by molar-refractivity contribution is 6.33. The van der Waals surface area contributed by atoms with E-state index in [-0.39, 0.29) is 5.69 Å². The second-order valence-corrected chi connectivity index (χ2v) is 5.12. The van der Waals surface area contributed by atoms with Crippen LogP contribution in [0, 0.1) is 24.0 Å². The molecule has 0 aliphatic rings. The number of aryl methyl sites for hydroxylation is 2. The quantitative estimate of drug-likeness (QED) is 0.667. The van der Waals surface area contributed by atoms with E-state index in [4.69, 9.17) is 11.6 Å². The summed E-state index contributed by atoms with van der Waals surface area (Å²) >= 11 is 6.22. The van der Waals surface area contributed by atoms with Crippen molar-refractivity contribution in [3.63, 3.8) is 0 Å². The lowest BCUT2D eigenvalue weighted by Crippen LogP contribution is -2.02. The highest BCUT2D eigenvalue weighted by Gasteiger charge is 2.07. The van der Waals surface area contributed by atoms with E-state index in [9.17, 15) is 10.1 Å². The first-order valence-corrected chi connectivity index (χ1v) is 6.59. The number of nitro benzene ring substituents is 1. The van der Waals surface area contributed by atoms with Crippen LogP contribution in [0.15, 0.2) is 36.4 Å². The Hall–Kier alpha value is -2.07. The van der Waals surface area contributed by atoms with Crippen molar-refractivity contribution in [2.45, 2.75) is 20.4 Å². The number of benzene rings is 2. The van der Waals surface area contributed by atoms with Gasteiger partial charge in [-0.1, -0.05) is 29.8 Å². The molecule has 104 valence electrons. The Balaban J connectivity index is 2.11. The molecule has 1 N–H and O–H groups in total. The Labute approximate surface area is 122 Å². The van der Waals surface area contributed by atoms with E-state index in [2.05, 4.69) is 11.4 Å². The van der Waals surface area contributed by atoms with Gasteiger partial charge in [-0.05, 0) is 36.6 Å². The lowest BCUT2D eigenvalue weighted by Gasteiger charge is -2.12. The number of hydrogen-bond donors (Lipinski definition) is 1. The minimum atomic E-state index is -0.405. The third kappa shape index (κ3) is 3.27. The highest BCUT2D eigenvalue weighted by atomic mass is 35.5. The fourth-order valence-corrected chi connectivity index (χ4v) is 2.45. The van der Waals surface area contributed by atoms with Crippen LogP contribution in [0.3, 0.4) is 0 Å². The smallest absolute Gasteiger partial charge is 0.269 e. The largest absolute Gasteiger partial charge is 0.380 e. The van der Waals surface area contributed by atoms with Crippen molar-refractivity contribution < 1.29 is 4.92 Å². The number of rotatable bonds is 4. The predicted octanol–water partition coefficient (Wildman–Crippen LogP) is 4.48. The lowest BCUT2D eigenvalue weighted by atomic mass is 10.1. The van der Waals surface area contributed by atoms with Crippen molar-refractivity contribution in [2.24, 2.45) is 0 Å². The Morgan fingerprint density at radius 2 is 1.85 bits per heavy atom. The van der Waals surface area contributed by atoms with Crippen molar-refractivity contribution in [2.75, 3.05) is 5.32 Å². The monoisotopic (exact) mass is 290 g/mol. The number of non-ortho nitro benzene ring substituents is 1. The molecule has 0 saturated heterocycles. The van der Waals surface area contributed by atoms with Crippen LogP contribution in [0.1, 0.15) is 16.7 Å². The van der Waals surface area contributed by atoms with Crippen LogP contribution in [0.5, 0.6) is 0 Å². The normalized spacial score (nSPS) is 10.3. The zero-order valence-corrected chi connectivity index (χ0v) is 12.1. The molecule has 0 heterocycles. The van der Waals surface area contributed by atoms with E-state index in [1.165, 1.54) is 12.1 Å². The number of nitrogens with zero attached hydrogens (tertiary/aromatic N) is 1. The average Bonchev–Trinajstić information content (AvgIpc) is 2.38. The summed E-state index contributed by atoms with van der Waals surface area (Å²) in [4.78, 5) is 10.2. The van der Waals surface area contributed by atoms with E-state index in [1.807, 2.05) is 19.9 Å². The first-order chi connectivity index (χ1) is 9.47. The van der Waals surface area contributed by atoms with Gasteiger partial charge in [-0.3, -0.25) is 10.1 Å². The summed E-state index contributed by atoms with van der Waals surface area (Å²) < 4.78 is 0. The molecule has 0 aliphatic heterocycles. The van der Waals surface area contributed by atoms with Crippen molar-refractivity contribution in [3.8, 4) is 0 Å². The fourth-order valence-electron chi connectivity index (χ4n) is 2.07. The Bertz CT molecular complexity index is 616. The fraction of sp³-hybridized carbons (Fsp3) is 0.200. The molecule has 0 saturated carbocycles. The van der Waals surface area contributed by atoms with Crippen LogP contribution in [0.25, 0.3) is 0 Å². The van der Waals surface area contributed by atoms with Gasteiger partial charge in [0, 0.05) is 18.7 Å². The van der Waals surface area contributed by atoms with Gasteiger partial charge in [0.05, 0.1) is 15.6 Å². The van der Waals surface area contributed by atoms with Gasteiger partial charge < -0.3 is 5.32 Å². The van der Waals surface area contributed by atoms with Crippen molar-refractivity contribution >= 4 is 23.0 Å². The van der Waals surface area contributed by atoms with E-state index in [0.717, 1.165) is 22.4 Å². The number of anilines is 1. The van der Waals surface area contributed by atoms with Crippen LogP contribution in [0.4, 0.5) is 11.4 Å². The summed E-state index contributed by atoms with van der Waals surface area (Å²) in [5.74, 6) is 0. The summed E-state index contributed by atoms with van der Waals surface area (Å²) in [5, 5.41) is 14.5. The first kappa shape index (κ1) is 14.3. The standard InChI is InChI=1S/C15H15ClN2O2/c1-10-7-11(2)15(14(16)8-10)17-9-12-3-5-13(6-4-12)18(19)20/h3-8,17H,9H2,1-2H3. The second kappa shape index (κ2) is 5.92. The molecule has 0 fully saturated rings. The molecule has 2 aromatic rings. The molecule has 0 unspecified atom stereocenters. The molecule has 0 bridgehead atoms. The third-order valence-corrected chi connectivity index (χ3v) is 3.35. The number of nitro groups is 1. The summed E-state index contributed by atoms with van der Waals surface area (Å²) in [6, 6.07) is 10.4. The molecule has 0 atom stereocenters. The molecule has 5 heteroatoms. The number of halogens is 1. The minimum absolute atomic E-state index is 0.0956. The summed E-state index contributed by atoms with van der Waals surface area (Å²) in [6.45, 7) is 4.57. The SMILES string of the molecule is Cc1cc(C)c(NCc2ccc([N+](=O)[O-])cc2)c(Cl)c1. The summed E-state index contributed by atoms with van der Waals surface area (Å²) in [7, 11) is 0. The van der Waals surface area contributed by atoms with Crippen LogP contribution in [-0.4, -0.2) is 4.92 Å². The topological polar surface area (TPSA) is 55.2 Å². The van der Waals surface area contributed by atoms with Crippen LogP contribution < -0.4 is 5.32 Å². The maximum Gasteiger partial charge on any atom is 0.269 e. The minimum Gasteiger partial charge on any atom is -0.380 e. The first-order valence-electron chi connectivity index (χ1n) is 6.21. The zero-order chi connectivity index (χ0) is 14.7. The average molecular weight is 291 g/mol. The molecule has 0 aliphatic carbocycles. The van der Waals surface area contributed by atoms with Crippen molar-refractivity contribution in [3.05, 3.63) is 68.2 Å². The maximum atomic E-state index is 10.6. The van der Waals surface area contributed by atoms with Crippen LogP contribution >= 0.6 is 11.6 Å². The maximum absolute atomic E-state index is 10.6. The molecule has 4 nitrogen and oxygen atoms in total. The molecule has 0 spiro atoms. The summed E-state index contributed by atoms with van der Waals surface area (Å²) in [6.07, 6.45) is 0. The zero-order valence-electron chi connectivity index (χ0n) is 11.3. The van der Waals surface area contributed by atoms with Gasteiger partial charge >= 0.3 is 0 Å². The van der Waals surface area contributed by atoms with E-state index in [0.29, 0.717) is 11.6 Å². The van der Waals surface area contributed by atoms with Crippen LogP contribution in [-0.2, 0) is 6.54 Å². The van der Waals surface area contributed by atoms with Crippen molar-refractivity contribution in [1.29, 1.82) is 0 Å². The predicted molar refractivity (Wildman–Crippen MR) is 81.3 cm³/mol. The van der Waals surface area contributed by atoms with E-state index < -0.39 is 4.92 Å². The van der Waals surface area contributed by atoms with Gasteiger partial charge in [0.1, 0.15) is 0 Å². The lowest BCUT2D eigenvalue weighted by molar-refractivity contribution is -0.384. The molecule has 0 amide bonds. The van der Waals surface area contributed by atoms with Gasteiger partial charge in [0.15, 0.2) is 0 Å². The van der Waals surface area contributed by atoms with Crippen LogP contribution in [0.2, 0.25) is 5.02 Å². The van der Waals surface area contributed by atoms with Gasteiger partial charge in [-0.15, -0.1) is 0 Å². The Morgan fingerprint density at radius 1 is 1.20 bits per heavy atom. The highest BCUT2D eigenvalue weighted by Crippen LogP contribution is 2.27. The third-order valence-electron chi connectivity index (χ3n) is 3.05. The molecule has 0 radical (unpaired) electrons. The van der Waals surface area contributed by atoms with Gasteiger partial charge in [0.25, 0.3) is 5.69 Å². The molecule has 2 rings (SSSR count). The summed E-state index contributed by atoms with van der Waals surface area (Å²) in [5.41, 5.74) is 4.16. The number of hydrogen-bond acceptors (Lipinski definition) is 3. The molecular formula is C15H15ClN2O2. The van der Waals surface area contributed by atoms with Gasteiger partial charge in [-0.2, -0.15) is 0 Å². The van der Waals surface area contributed by atoms with Gasteiger partial charge in [-0.25, -0.2) is 0 Å². The number of nitrogens with one attached hydrogen (secondary N) is 1. The van der Waals surface area contributed by atoms with Gasteiger partial charge in [0.2, 0.25) is 0 Å². The Morgan fingerprint density at radius 3 is 2.40 bits per heavy atom. The Kier molecular flexibility index (Phi) is 4.25.